The second kappa shape index (κ2) is 29.5. The van der Waals surface area contributed by atoms with Crippen molar-refractivity contribution in [2.45, 2.75) is 253 Å². The minimum absolute atomic E-state index is 0.101. The van der Waals surface area contributed by atoms with Crippen LogP contribution in [0.15, 0.2) is 24.5 Å². The van der Waals surface area contributed by atoms with Crippen LogP contribution in [0.3, 0.4) is 0 Å². The lowest BCUT2D eigenvalue weighted by Crippen LogP contribution is -2.48. The number of unbranched alkanes of at least 4 members (excludes halogenated alkanes) is 15. The van der Waals surface area contributed by atoms with Gasteiger partial charge in [0.1, 0.15) is 0 Å². The molecule has 4 heterocycles. The maximum atomic E-state index is 14.2. The van der Waals surface area contributed by atoms with E-state index in [9.17, 15) is 35.9 Å². The van der Waals surface area contributed by atoms with Crippen molar-refractivity contribution in [3.8, 4) is 0 Å². The third-order valence-electron chi connectivity index (χ3n) is 17.5. The number of alkyl halides is 6. The van der Waals surface area contributed by atoms with Gasteiger partial charge in [-0.3, -0.25) is 19.6 Å². The molecule has 2 aromatic heterocycles. The Hall–Kier alpha value is -3.26. The predicted octanol–water partition coefficient (Wildman–Crippen LogP) is 15.3. The van der Waals surface area contributed by atoms with Crippen LogP contribution in [-0.4, -0.2) is 81.3 Å². The summed E-state index contributed by atoms with van der Waals surface area (Å²) in [5.41, 5.74) is 0.0756. The molecule has 0 bridgehead atoms. The van der Waals surface area contributed by atoms with Gasteiger partial charge in [0.15, 0.2) is 0 Å². The van der Waals surface area contributed by atoms with Gasteiger partial charge in [-0.2, -0.15) is 26.3 Å². The fourth-order valence-electron chi connectivity index (χ4n) is 12.6. The maximum Gasteiger partial charge on any atom is 0.417 e. The molecule has 0 unspecified atom stereocenters. The summed E-state index contributed by atoms with van der Waals surface area (Å²) in [5, 5.41) is 3.67. The Morgan fingerprint density at radius 1 is 0.608 bits per heavy atom. The number of rotatable bonds is 27. The quantitative estimate of drug-likeness (QED) is 0.0709. The highest BCUT2D eigenvalue weighted by Crippen LogP contribution is 2.49. The summed E-state index contributed by atoms with van der Waals surface area (Å²) in [7, 11) is 0. The van der Waals surface area contributed by atoms with Crippen molar-refractivity contribution < 1.29 is 35.9 Å². The number of carbonyl (C=O) groups is 2. The topological polar surface area (TPSA) is 81.7 Å². The summed E-state index contributed by atoms with van der Waals surface area (Å²) in [6.07, 6.45) is 22.3. The standard InChI is InChI=1S/C34H56F3N3O.C26H40F3N3O/c1-5-7-9-11-13-15-20-39(21-16-14-12-10-8-6-2)30-17-19-33(24-30,27(3)4)32(41)40-22-18-31-28(26-40)23-29(25-38-31)34(35,36)37;1-4-5-6-7-8-9-13-30-22-10-12-25(16-22,19(2)3)24(33)32-14-11-23-20(18-32)15-21(17-31-23)26(27,28)29/h23,25,27,30H,5-22,24,26H2,1-4H3;15,17,19,22,30H,4-14,16,18H2,1-3H3/t30-,33+;22-,25+/m11/s1. The van der Waals surface area contributed by atoms with E-state index in [0.29, 0.717) is 60.5 Å². The Morgan fingerprint density at radius 3 is 1.45 bits per heavy atom. The van der Waals surface area contributed by atoms with Gasteiger partial charge in [0.05, 0.1) is 22.0 Å². The van der Waals surface area contributed by atoms with Crippen molar-refractivity contribution in [3.63, 3.8) is 0 Å². The molecule has 14 heteroatoms. The molecule has 0 aromatic carbocycles. The van der Waals surface area contributed by atoms with Crippen LogP contribution in [0.5, 0.6) is 0 Å². The second-order valence-corrected chi connectivity index (χ2v) is 23.4. The van der Waals surface area contributed by atoms with E-state index in [1.807, 2.05) is 4.90 Å². The van der Waals surface area contributed by atoms with Crippen LogP contribution in [0.2, 0.25) is 0 Å². The van der Waals surface area contributed by atoms with Gasteiger partial charge < -0.3 is 20.0 Å². The van der Waals surface area contributed by atoms with E-state index in [1.165, 1.54) is 128 Å². The number of amides is 2. The van der Waals surface area contributed by atoms with E-state index in [-0.39, 0.29) is 36.7 Å². The van der Waals surface area contributed by atoms with Gasteiger partial charge in [0, 0.05) is 74.9 Å². The number of aromatic nitrogens is 2. The fraction of sp³-hybridized carbons (Fsp3) is 0.800. The molecule has 1 N–H and O–H groups in total. The Labute approximate surface area is 442 Å². The van der Waals surface area contributed by atoms with E-state index in [0.717, 1.165) is 70.6 Å². The average molecular weight is 1050 g/mol. The first-order chi connectivity index (χ1) is 35.3. The molecule has 2 aliphatic heterocycles. The summed E-state index contributed by atoms with van der Waals surface area (Å²) < 4.78 is 79.5. The Kier molecular flexibility index (Phi) is 24.5. The highest BCUT2D eigenvalue weighted by Gasteiger charge is 2.52. The van der Waals surface area contributed by atoms with Crippen LogP contribution in [0.1, 0.15) is 236 Å². The van der Waals surface area contributed by atoms with Crippen molar-refractivity contribution in [1.29, 1.82) is 0 Å². The summed E-state index contributed by atoms with van der Waals surface area (Å²) in [6, 6.07) is 3.11. The first kappa shape index (κ1) is 61.6. The zero-order chi connectivity index (χ0) is 53.9. The largest absolute Gasteiger partial charge is 0.417 e. The van der Waals surface area contributed by atoms with Crippen LogP contribution >= 0.6 is 0 Å². The summed E-state index contributed by atoms with van der Waals surface area (Å²) in [4.78, 5) is 42.4. The molecule has 2 saturated carbocycles. The highest BCUT2D eigenvalue weighted by molar-refractivity contribution is 5.84. The predicted molar refractivity (Wildman–Crippen MR) is 286 cm³/mol. The first-order valence-corrected chi connectivity index (χ1v) is 29.5. The van der Waals surface area contributed by atoms with Gasteiger partial charge in [-0.15, -0.1) is 0 Å². The highest BCUT2D eigenvalue weighted by atomic mass is 19.4. The van der Waals surface area contributed by atoms with Crippen LogP contribution in [0.4, 0.5) is 26.3 Å². The smallest absolute Gasteiger partial charge is 0.337 e. The van der Waals surface area contributed by atoms with Crippen LogP contribution < -0.4 is 5.32 Å². The minimum atomic E-state index is -4.43. The molecule has 0 radical (unpaired) electrons. The molecule has 2 aromatic rings. The number of hydrogen-bond acceptors (Lipinski definition) is 6. The molecule has 2 fully saturated rings. The molecule has 0 spiro atoms. The lowest BCUT2D eigenvalue weighted by molar-refractivity contribution is -0.146. The molecule has 4 aliphatic rings. The van der Waals surface area contributed by atoms with Crippen molar-refractivity contribution in [3.05, 3.63) is 58.2 Å². The second-order valence-electron chi connectivity index (χ2n) is 23.4. The normalized spacial score (nSPS) is 22.1. The average Bonchev–Trinajstić information content (AvgIpc) is 4.03. The Balaban J connectivity index is 0.000000280. The van der Waals surface area contributed by atoms with Gasteiger partial charge in [-0.1, -0.05) is 145 Å². The zero-order valence-electron chi connectivity index (χ0n) is 46.8. The lowest BCUT2D eigenvalue weighted by Gasteiger charge is -2.40. The number of nitrogens with zero attached hydrogens (tertiary/aromatic N) is 5. The number of carbonyl (C=O) groups excluding carboxylic acids is 2. The number of pyridine rings is 2. The third-order valence-corrected chi connectivity index (χ3v) is 17.5. The van der Waals surface area contributed by atoms with Crippen LogP contribution in [0, 0.1) is 22.7 Å². The van der Waals surface area contributed by atoms with Gasteiger partial charge in [-0.05, 0) is 113 Å². The maximum absolute atomic E-state index is 14.2. The van der Waals surface area contributed by atoms with E-state index >= 15 is 0 Å². The fourth-order valence-corrected chi connectivity index (χ4v) is 12.6. The SMILES string of the molecule is CCCCCCCCN(CCCCCCCC)[C@@H]1CC[C@@](C(=O)N2CCc3ncc(C(F)(F)F)cc3C2)(C(C)C)C1.CCCCCCCCN[C@@H]1CC[C@@](C(=O)N2CCc3ncc(C(F)(F)F)cc3C2)(C(C)C)C1. The molecule has 74 heavy (non-hydrogen) atoms. The number of nitrogens with one attached hydrogen (secondary N) is 1. The summed E-state index contributed by atoms with van der Waals surface area (Å²) in [5.74, 6) is 0.611. The zero-order valence-corrected chi connectivity index (χ0v) is 46.8. The molecular formula is C60H96F6N6O2. The Bertz CT molecular complexity index is 1990. The molecule has 0 saturated heterocycles. The van der Waals surface area contributed by atoms with Crippen molar-refractivity contribution >= 4 is 11.8 Å². The molecule has 420 valence electrons. The summed E-state index contributed by atoms with van der Waals surface area (Å²) >= 11 is 0. The van der Waals surface area contributed by atoms with Gasteiger partial charge in [-0.25, -0.2) is 0 Å². The number of fused-ring (bicyclic) bond motifs is 2. The monoisotopic (exact) mass is 1050 g/mol. The molecule has 2 amide bonds. The van der Waals surface area contributed by atoms with E-state index in [2.05, 4.69) is 68.7 Å². The van der Waals surface area contributed by atoms with Crippen molar-refractivity contribution in [2.24, 2.45) is 22.7 Å². The molecular weight excluding hydrogens is 951 g/mol. The van der Waals surface area contributed by atoms with Gasteiger partial charge in [0.2, 0.25) is 11.8 Å². The molecule has 4 atom stereocenters. The third kappa shape index (κ3) is 17.1. The Morgan fingerprint density at radius 2 is 1.01 bits per heavy atom. The lowest BCUT2D eigenvalue weighted by atomic mass is 9.73. The molecule has 6 rings (SSSR count). The summed E-state index contributed by atoms with van der Waals surface area (Å²) in [6.45, 7) is 20.0. The minimum Gasteiger partial charge on any atom is -0.337 e. The van der Waals surface area contributed by atoms with E-state index < -0.39 is 34.3 Å². The molecule has 8 nitrogen and oxygen atoms in total. The van der Waals surface area contributed by atoms with Gasteiger partial charge in [0.25, 0.3) is 0 Å². The van der Waals surface area contributed by atoms with Crippen molar-refractivity contribution in [2.75, 3.05) is 32.7 Å². The number of hydrogen-bond donors (Lipinski definition) is 1. The van der Waals surface area contributed by atoms with E-state index in [4.69, 9.17) is 0 Å². The molecule has 2 aliphatic carbocycles. The van der Waals surface area contributed by atoms with Crippen molar-refractivity contribution in [1.82, 2.24) is 30.0 Å². The van der Waals surface area contributed by atoms with E-state index in [1.54, 1.807) is 4.90 Å². The number of halogens is 6. The van der Waals surface area contributed by atoms with Gasteiger partial charge >= 0.3 is 12.4 Å². The van der Waals surface area contributed by atoms with Crippen LogP contribution in [-0.2, 0) is 47.9 Å². The first-order valence-electron chi connectivity index (χ1n) is 29.5. The van der Waals surface area contributed by atoms with Crippen LogP contribution in [0.25, 0.3) is 0 Å².